The van der Waals surface area contributed by atoms with Gasteiger partial charge in [-0.1, -0.05) is 6.07 Å². The van der Waals surface area contributed by atoms with Crippen LogP contribution in [0.3, 0.4) is 0 Å². The zero-order valence-electron chi connectivity index (χ0n) is 37.9. The predicted molar refractivity (Wildman–Crippen MR) is 242 cm³/mol. The Balaban J connectivity index is 0.00000771. The van der Waals surface area contributed by atoms with Crippen LogP contribution in [0, 0.1) is 6.92 Å². The molecule has 0 atom stereocenters. The lowest BCUT2D eigenvalue weighted by Gasteiger charge is -2.28. The van der Waals surface area contributed by atoms with Crippen LogP contribution in [0.1, 0.15) is 26.3 Å². The number of methoxy groups -OCH3 is 1. The number of Topliss-reactive ketones (excluding diaryl/α,β-unsaturated/α-hetero) is 1. The Morgan fingerprint density at radius 3 is 2.14 bits per heavy atom. The Hall–Kier alpha value is -6.32. The minimum absolute atomic E-state index is 0. The van der Waals surface area contributed by atoms with E-state index in [-0.39, 0.29) is 70.5 Å². The number of rotatable bonds is 10. The second-order valence-corrected chi connectivity index (χ2v) is 16.6. The third-order valence-corrected chi connectivity index (χ3v) is 10.2. The number of hydrogen-bond acceptors (Lipinski definition) is 14. The Kier molecular flexibility index (Phi) is 16.3. The Morgan fingerprint density at radius 2 is 1.50 bits per heavy atom. The molecule has 0 aromatic heterocycles. The van der Waals surface area contributed by atoms with Crippen molar-refractivity contribution >= 4 is 52.0 Å². The number of carbonyl (C=O) groups is 4. The summed E-state index contributed by atoms with van der Waals surface area (Å²) in [5.74, 6) is 0.0950. The van der Waals surface area contributed by atoms with E-state index < -0.39 is 29.9 Å². The van der Waals surface area contributed by atoms with E-state index in [1.54, 1.807) is 31.7 Å². The van der Waals surface area contributed by atoms with Gasteiger partial charge in [0, 0.05) is 73.1 Å². The van der Waals surface area contributed by atoms with E-state index in [9.17, 15) is 19.2 Å². The summed E-state index contributed by atoms with van der Waals surface area (Å²) in [4.78, 5) is 56.1. The monoisotopic (exact) mass is 900 g/mol. The first-order valence-corrected chi connectivity index (χ1v) is 20.7. The van der Waals surface area contributed by atoms with Crippen molar-refractivity contribution in [2.75, 3.05) is 109 Å². The number of esters is 2. The number of aryl methyl sites for hydroxylation is 1. The average Bonchev–Trinajstić information content (AvgIpc) is 3.24. The lowest BCUT2D eigenvalue weighted by Crippen LogP contribution is -3.00. The maximum Gasteiger partial charge on any atom is 0.344 e. The fourth-order valence-corrected chi connectivity index (χ4v) is 7.22. The number of hydrogen-bond donors (Lipinski definition) is 0. The van der Waals surface area contributed by atoms with E-state index in [2.05, 4.69) is 0 Å². The SMILES string of the molecule is COC(=O)CN1CCOCCN(CC(=O)C=O)c2cc(OCC(=O)OC(C)(C)C)c(-c3c4ccc(=[N+](C)C)cc-4oc4cc(N(C)C)ccc34)cc2OCCOc2cc(C)ccc21.[Cl-]. The molecule has 2 aliphatic heterocycles. The number of fused-ring (bicyclic) bond motifs is 4. The van der Waals surface area contributed by atoms with Crippen molar-refractivity contribution in [3.05, 3.63) is 77.7 Å². The van der Waals surface area contributed by atoms with Crippen LogP contribution in [0.4, 0.5) is 17.1 Å². The van der Waals surface area contributed by atoms with Gasteiger partial charge in [0.25, 0.3) is 0 Å². The van der Waals surface area contributed by atoms with E-state index in [1.165, 1.54) is 7.11 Å². The highest BCUT2D eigenvalue weighted by atomic mass is 35.5. The molecule has 0 unspecified atom stereocenters. The van der Waals surface area contributed by atoms with Crippen molar-refractivity contribution in [2.24, 2.45) is 0 Å². The van der Waals surface area contributed by atoms with Crippen LogP contribution >= 0.6 is 0 Å². The first-order chi connectivity index (χ1) is 30.0. The maximum absolute atomic E-state index is 13.2. The van der Waals surface area contributed by atoms with Crippen molar-refractivity contribution in [3.8, 4) is 39.7 Å². The quantitative estimate of drug-likeness (QED) is 0.0664. The normalized spacial score (nSPS) is 13.5. The van der Waals surface area contributed by atoms with Gasteiger partial charge in [-0.2, -0.15) is 0 Å². The molecule has 64 heavy (non-hydrogen) atoms. The summed E-state index contributed by atoms with van der Waals surface area (Å²) >= 11 is 0. The molecule has 2 heterocycles. The molecule has 0 fully saturated rings. The molecule has 0 spiro atoms. The molecule has 0 radical (unpaired) electrons. The van der Waals surface area contributed by atoms with E-state index in [1.807, 2.05) is 110 Å². The van der Waals surface area contributed by atoms with Crippen LogP contribution < -0.4 is 51.3 Å². The number of anilines is 3. The zero-order valence-corrected chi connectivity index (χ0v) is 38.7. The largest absolute Gasteiger partial charge is 1.00 e. The molecule has 0 amide bonds. The molecule has 0 bridgehead atoms. The minimum Gasteiger partial charge on any atom is -1.00 e. The van der Waals surface area contributed by atoms with E-state index >= 15 is 0 Å². The van der Waals surface area contributed by atoms with Gasteiger partial charge in [0.05, 0.1) is 44.3 Å². The highest BCUT2D eigenvalue weighted by Gasteiger charge is 2.27. The lowest BCUT2D eigenvalue weighted by atomic mass is 9.92. The molecule has 16 heteroatoms. The fraction of sp³-hybridized carbons (Fsp3) is 0.396. The van der Waals surface area contributed by atoms with E-state index in [4.69, 9.17) is 32.8 Å². The molecule has 0 N–H and O–H groups in total. The van der Waals surface area contributed by atoms with Crippen LogP contribution in [0.15, 0.2) is 71.1 Å². The van der Waals surface area contributed by atoms with Gasteiger partial charge in [-0.25, -0.2) is 9.37 Å². The van der Waals surface area contributed by atoms with Crippen molar-refractivity contribution in [2.45, 2.75) is 33.3 Å². The molecular formula is C48H57ClN4O11. The molecule has 1 aliphatic carbocycles. The fourth-order valence-electron chi connectivity index (χ4n) is 7.22. The van der Waals surface area contributed by atoms with Gasteiger partial charge in [0.2, 0.25) is 11.1 Å². The van der Waals surface area contributed by atoms with Crippen LogP contribution in [0.5, 0.6) is 17.2 Å². The first-order valence-electron chi connectivity index (χ1n) is 20.7. The molecule has 0 saturated carbocycles. The molecule has 15 nitrogen and oxygen atoms in total. The third kappa shape index (κ3) is 12.0. The number of benzene rings is 4. The van der Waals surface area contributed by atoms with Crippen LogP contribution in [-0.2, 0) is 33.4 Å². The molecule has 3 aliphatic rings. The number of carbonyl (C=O) groups excluding carboxylic acids is 4. The minimum atomic E-state index is -0.765. The Labute approximate surface area is 379 Å². The summed E-state index contributed by atoms with van der Waals surface area (Å²) in [6.07, 6.45) is 0.276. The highest BCUT2D eigenvalue weighted by molar-refractivity contribution is 6.26. The zero-order chi connectivity index (χ0) is 45.4. The highest BCUT2D eigenvalue weighted by Crippen LogP contribution is 2.48. The number of halogens is 1. The van der Waals surface area contributed by atoms with Gasteiger partial charge in [0.15, 0.2) is 12.9 Å². The number of nitrogens with zero attached hydrogens (tertiary/aromatic N) is 4. The van der Waals surface area contributed by atoms with Gasteiger partial charge >= 0.3 is 11.9 Å². The smallest absolute Gasteiger partial charge is 0.344 e. The number of aldehydes is 1. The molecule has 0 saturated heterocycles. The van der Waals surface area contributed by atoms with Gasteiger partial charge < -0.3 is 59.9 Å². The van der Waals surface area contributed by atoms with Crippen LogP contribution in [0.2, 0.25) is 0 Å². The van der Waals surface area contributed by atoms with E-state index in [0.29, 0.717) is 46.3 Å². The Morgan fingerprint density at radius 1 is 0.812 bits per heavy atom. The lowest BCUT2D eigenvalue weighted by molar-refractivity contribution is -0.157. The van der Waals surface area contributed by atoms with Crippen molar-refractivity contribution in [1.29, 1.82) is 0 Å². The molecule has 6 rings (SSSR count). The standard InChI is InChI=1S/C48H57N4O11.ClH/c1-31-10-15-38-43(22-31)59-20-21-60-44-25-37(47-35-13-11-32(49(5)6)23-41(35)62-42-24-33(50(7)8)12-14-36(42)47)40(61-30-46(56)63-48(2,3)4)26-39(44)51(27-34(54)29-53)16-18-58-19-17-52(38)28-45(55)57-9;/h10-15,22-26,29H,16-21,27-28,30H2,1-9H3;1H/q+1;/p-1. The van der Waals surface area contributed by atoms with Crippen LogP contribution in [-0.4, -0.2) is 124 Å². The van der Waals surface area contributed by atoms with E-state index in [0.717, 1.165) is 33.1 Å². The maximum atomic E-state index is 13.2. The third-order valence-electron chi connectivity index (χ3n) is 10.2. The molecule has 342 valence electrons. The average molecular weight is 901 g/mol. The summed E-state index contributed by atoms with van der Waals surface area (Å²) in [6, 6.07) is 21.2. The molecular weight excluding hydrogens is 844 g/mol. The first kappa shape index (κ1) is 48.7. The second-order valence-electron chi connectivity index (χ2n) is 16.6. The molecule has 3 aromatic carbocycles. The second kappa shape index (κ2) is 21.4. The Bertz CT molecular complexity index is 2530. The summed E-state index contributed by atoms with van der Waals surface area (Å²) in [6.45, 7) is 7.45. The molecule has 3 aromatic rings. The van der Waals surface area contributed by atoms with Crippen molar-refractivity contribution in [1.82, 2.24) is 4.58 Å². The van der Waals surface area contributed by atoms with Gasteiger partial charge in [-0.3, -0.25) is 14.4 Å². The topological polar surface area (TPSA) is 150 Å². The van der Waals surface area contributed by atoms with Crippen molar-refractivity contribution in [3.63, 3.8) is 0 Å². The summed E-state index contributed by atoms with van der Waals surface area (Å²) < 4.78 is 44.8. The predicted octanol–water partition coefficient (Wildman–Crippen LogP) is 2.38. The number of ether oxygens (including phenoxy) is 6. The summed E-state index contributed by atoms with van der Waals surface area (Å²) in [7, 11) is 9.16. The van der Waals surface area contributed by atoms with Crippen LogP contribution in [0.25, 0.3) is 33.4 Å². The van der Waals surface area contributed by atoms with Gasteiger partial charge in [-0.05, 0) is 69.7 Å². The summed E-state index contributed by atoms with van der Waals surface area (Å²) in [5.41, 5.74) is 4.88. The van der Waals surface area contributed by atoms with Crippen molar-refractivity contribution < 1.29 is 64.4 Å². The summed E-state index contributed by atoms with van der Waals surface area (Å²) in [5, 5.41) is 1.69. The van der Waals surface area contributed by atoms with Gasteiger partial charge in [-0.15, -0.1) is 0 Å². The number of ketones is 1. The van der Waals surface area contributed by atoms with Gasteiger partial charge in [0.1, 0.15) is 68.0 Å².